The van der Waals surface area contributed by atoms with Crippen molar-refractivity contribution in [2.45, 2.75) is 19.5 Å². The molecule has 0 bridgehead atoms. The van der Waals surface area contributed by atoms with E-state index in [0.29, 0.717) is 17.1 Å². The number of thiophene rings is 1. The zero-order chi connectivity index (χ0) is 20.5. The second-order valence-electron chi connectivity index (χ2n) is 6.71. The maximum absolute atomic E-state index is 13.0. The van der Waals surface area contributed by atoms with E-state index in [0.717, 1.165) is 10.4 Å². The van der Waals surface area contributed by atoms with E-state index in [1.807, 2.05) is 18.4 Å². The molecule has 1 aromatic carbocycles. The van der Waals surface area contributed by atoms with Crippen LogP contribution >= 0.6 is 11.3 Å². The van der Waals surface area contributed by atoms with Crippen molar-refractivity contribution in [2.75, 3.05) is 7.11 Å². The molecule has 6 nitrogen and oxygen atoms in total. The van der Waals surface area contributed by atoms with Crippen LogP contribution in [0.5, 0.6) is 5.75 Å². The largest absolute Gasteiger partial charge is 0.507 e. The summed E-state index contributed by atoms with van der Waals surface area (Å²) in [5.41, 5.74) is 1.43. The number of hydrogen-bond acceptors (Lipinski definition) is 6. The highest BCUT2D eigenvalue weighted by Gasteiger charge is 2.47. The number of nitrogens with zero attached hydrogens (tertiary/aromatic N) is 1. The molecule has 4 rings (SSSR count). The fraction of sp³-hybridized carbons (Fsp3) is 0.182. The molecular weight excluding hydrogens is 390 g/mol. The standard InChI is InChI=1S/C22H19NO5S/c1-13-8-10-29-21(13)18-17(19(24)14-5-3-6-15(11-14)27-2)20(25)22(26)23(18)12-16-7-4-9-28-16/h3-11,18,24H,12H2,1-2H3/b19-17-. The summed E-state index contributed by atoms with van der Waals surface area (Å²) in [7, 11) is 1.52. The summed E-state index contributed by atoms with van der Waals surface area (Å²) in [5.74, 6) is -0.490. The van der Waals surface area contributed by atoms with Crippen molar-refractivity contribution in [3.63, 3.8) is 0 Å². The molecule has 1 amide bonds. The van der Waals surface area contributed by atoms with Gasteiger partial charge in [-0.05, 0) is 48.2 Å². The van der Waals surface area contributed by atoms with Gasteiger partial charge in [0.05, 0.1) is 25.5 Å². The lowest BCUT2D eigenvalue weighted by molar-refractivity contribution is -0.140. The van der Waals surface area contributed by atoms with Gasteiger partial charge in [0.1, 0.15) is 23.3 Å². The Hall–Kier alpha value is -3.32. The molecule has 2 aromatic heterocycles. The van der Waals surface area contributed by atoms with Crippen LogP contribution in [0.4, 0.5) is 0 Å². The normalized spacial score (nSPS) is 18.4. The van der Waals surface area contributed by atoms with Crippen LogP contribution in [0.15, 0.2) is 64.1 Å². The Balaban J connectivity index is 1.87. The zero-order valence-corrected chi connectivity index (χ0v) is 16.7. The van der Waals surface area contributed by atoms with Crippen LogP contribution in [-0.2, 0) is 16.1 Å². The summed E-state index contributed by atoms with van der Waals surface area (Å²) in [6, 6.07) is 11.5. The van der Waals surface area contributed by atoms with E-state index >= 15 is 0 Å². The van der Waals surface area contributed by atoms with E-state index in [-0.39, 0.29) is 17.9 Å². The second-order valence-corrected chi connectivity index (χ2v) is 7.65. The third-order valence-corrected chi connectivity index (χ3v) is 6.01. The molecule has 1 aliphatic heterocycles. The van der Waals surface area contributed by atoms with Crippen LogP contribution in [-0.4, -0.2) is 28.8 Å². The minimum absolute atomic E-state index is 0.0698. The number of carbonyl (C=O) groups excluding carboxylic acids is 2. The molecule has 29 heavy (non-hydrogen) atoms. The summed E-state index contributed by atoms with van der Waals surface area (Å²) in [4.78, 5) is 28.1. The molecular formula is C22H19NO5S. The molecule has 0 aliphatic carbocycles. The number of likely N-dealkylation sites (tertiary alicyclic amines) is 1. The number of aryl methyl sites for hydroxylation is 1. The van der Waals surface area contributed by atoms with Gasteiger partial charge in [-0.15, -0.1) is 11.3 Å². The number of ether oxygens (including phenoxy) is 1. The number of carbonyl (C=O) groups is 2. The van der Waals surface area contributed by atoms with Gasteiger partial charge in [-0.2, -0.15) is 0 Å². The van der Waals surface area contributed by atoms with Crippen molar-refractivity contribution >= 4 is 28.8 Å². The molecule has 0 radical (unpaired) electrons. The van der Waals surface area contributed by atoms with Crippen molar-refractivity contribution < 1.29 is 23.8 Å². The third-order valence-electron chi connectivity index (χ3n) is 4.94. The predicted molar refractivity (Wildman–Crippen MR) is 109 cm³/mol. The van der Waals surface area contributed by atoms with E-state index in [1.54, 1.807) is 36.4 Å². The maximum Gasteiger partial charge on any atom is 0.296 e. The first-order valence-corrected chi connectivity index (χ1v) is 9.88. The SMILES string of the molecule is COc1cccc(/C(O)=C2/C(=O)C(=O)N(Cc3ccco3)C2c2sccc2C)c1. The Morgan fingerprint density at radius 1 is 1.24 bits per heavy atom. The molecule has 1 fully saturated rings. The summed E-state index contributed by atoms with van der Waals surface area (Å²) in [6.07, 6.45) is 1.52. The lowest BCUT2D eigenvalue weighted by atomic mass is 9.98. The molecule has 0 saturated carbocycles. The number of aliphatic hydroxyl groups excluding tert-OH is 1. The van der Waals surface area contributed by atoms with Gasteiger partial charge in [-0.3, -0.25) is 9.59 Å². The Morgan fingerprint density at radius 3 is 2.72 bits per heavy atom. The van der Waals surface area contributed by atoms with E-state index in [4.69, 9.17) is 9.15 Å². The first-order valence-electron chi connectivity index (χ1n) is 9.00. The molecule has 3 heterocycles. The predicted octanol–water partition coefficient (Wildman–Crippen LogP) is 4.28. The van der Waals surface area contributed by atoms with Gasteiger partial charge in [0.15, 0.2) is 0 Å². The lowest BCUT2D eigenvalue weighted by Crippen LogP contribution is -2.28. The highest BCUT2D eigenvalue weighted by atomic mass is 32.1. The Labute approximate surface area is 171 Å². The molecule has 148 valence electrons. The van der Waals surface area contributed by atoms with Gasteiger partial charge >= 0.3 is 0 Å². The zero-order valence-electron chi connectivity index (χ0n) is 15.9. The number of rotatable bonds is 5. The van der Waals surface area contributed by atoms with Crippen LogP contribution in [0.2, 0.25) is 0 Å². The first-order chi connectivity index (χ1) is 14.0. The average Bonchev–Trinajstić information content (AvgIpc) is 3.45. The minimum atomic E-state index is -0.713. The number of benzene rings is 1. The number of ketones is 1. The smallest absolute Gasteiger partial charge is 0.296 e. The van der Waals surface area contributed by atoms with E-state index in [9.17, 15) is 14.7 Å². The Bertz CT molecular complexity index is 1100. The fourth-order valence-corrected chi connectivity index (χ4v) is 4.52. The van der Waals surface area contributed by atoms with Crippen molar-refractivity contribution in [2.24, 2.45) is 0 Å². The van der Waals surface area contributed by atoms with Crippen LogP contribution in [0.3, 0.4) is 0 Å². The van der Waals surface area contributed by atoms with Crippen molar-refractivity contribution in [3.05, 3.63) is 81.4 Å². The van der Waals surface area contributed by atoms with Gasteiger partial charge in [0, 0.05) is 10.4 Å². The molecule has 0 spiro atoms. The minimum Gasteiger partial charge on any atom is -0.507 e. The maximum atomic E-state index is 13.0. The quantitative estimate of drug-likeness (QED) is 0.387. The summed E-state index contributed by atoms with van der Waals surface area (Å²) >= 11 is 1.44. The molecule has 1 aliphatic rings. The topological polar surface area (TPSA) is 80.0 Å². The van der Waals surface area contributed by atoms with Gasteiger partial charge in [-0.1, -0.05) is 12.1 Å². The fourth-order valence-electron chi connectivity index (χ4n) is 3.48. The van der Waals surface area contributed by atoms with Gasteiger partial charge in [-0.25, -0.2) is 0 Å². The number of amides is 1. The highest BCUT2D eigenvalue weighted by Crippen LogP contribution is 2.43. The molecule has 1 saturated heterocycles. The lowest BCUT2D eigenvalue weighted by Gasteiger charge is -2.24. The summed E-state index contributed by atoms with van der Waals surface area (Å²) in [6.45, 7) is 2.05. The highest BCUT2D eigenvalue weighted by molar-refractivity contribution is 7.10. The number of furan rings is 1. The third kappa shape index (κ3) is 3.34. The van der Waals surface area contributed by atoms with Gasteiger partial charge < -0.3 is 19.2 Å². The second kappa shape index (κ2) is 7.60. The van der Waals surface area contributed by atoms with E-state index in [2.05, 4.69) is 0 Å². The van der Waals surface area contributed by atoms with E-state index in [1.165, 1.54) is 29.6 Å². The summed E-state index contributed by atoms with van der Waals surface area (Å²) in [5, 5.41) is 12.9. The number of methoxy groups -OCH3 is 1. The summed E-state index contributed by atoms with van der Waals surface area (Å²) < 4.78 is 10.6. The monoisotopic (exact) mass is 409 g/mol. The van der Waals surface area contributed by atoms with Gasteiger partial charge in [0.25, 0.3) is 11.7 Å². The van der Waals surface area contributed by atoms with Crippen molar-refractivity contribution in [3.8, 4) is 5.75 Å². The van der Waals surface area contributed by atoms with Gasteiger partial charge in [0.2, 0.25) is 0 Å². The molecule has 1 atom stereocenters. The molecule has 7 heteroatoms. The van der Waals surface area contributed by atoms with Crippen molar-refractivity contribution in [1.29, 1.82) is 0 Å². The Morgan fingerprint density at radius 2 is 2.07 bits per heavy atom. The van der Waals surface area contributed by atoms with Crippen LogP contribution < -0.4 is 4.74 Å². The van der Waals surface area contributed by atoms with Crippen molar-refractivity contribution in [1.82, 2.24) is 4.90 Å². The number of Topliss-reactive ketones (excluding diaryl/α,β-unsaturated/α-hetero) is 1. The Kier molecular flexibility index (Phi) is 4.98. The average molecular weight is 409 g/mol. The number of aliphatic hydroxyl groups is 1. The van der Waals surface area contributed by atoms with Crippen LogP contribution in [0, 0.1) is 6.92 Å². The van der Waals surface area contributed by atoms with E-state index < -0.39 is 17.7 Å². The van der Waals surface area contributed by atoms with Crippen LogP contribution in [0.1, 0.15) is 27.8 Å². The number of hydrogen-bond donors (Lipinski definition) is 1. The van der Waals surface area contributed by atoms with Crippen LogP contribution in [0.25, 0.3) is 5.76 Å². The molecule has 3 aromatic rings. The first kappa shape index (κ1) is 19.0. The molecule has 1 unspecified atom stereocenters. The molecule has 1 N–H and O–H groups in total.